The van der Waals surface area contributed by atoms with E-state index in [1.807, 2.05) is 4.72 Å². The third kappa shape index (κ3) is 4.55. The summed E-state index contributed by atoms with van der Waals surface area (Å²) in [5.41, 5.74) is 4.81. The van der Waals surface area contributed by atoms with Crippen LogP contribution in [0.4, 0.5) is 0 Å². The smallest absolute Gasteiger partial charge is 0.322 e. The molecule has 0 unspecified atom stereocenters. The zero-order valence-electron chi connectivity index (χ0n) is 8.34. The van der Waals surface area contributed by atoms with Crippen molar-refractivity contribution >= 4 is 22.1 Å². The van der Waals surface area contributed by atoms with Crippen molar-refractivity contribution in [3.8, 4) is 0 Å². The van der Waals surface area contributed by atoms with Gasteiger partial charge in [0.15, 0.2) is 0 Å². The van der Waals surface area contributed by atoms with Crippen LogP contribution in [-0.2, 0) is 19.8 Å². The van der Waals surface area contributed by atoms with Gasteiger partial charge >= 0.3 is 5.97 Å². The van der Waals surface area contributed by atoms with Crippen molar-refractivity contribution in [3.63, 3.8) is 0 Å². The first-order valence-electron chi connectivity index (χ1n) is 4.61. The maximum Gasteiger partial charge on any atom is 0.322 e. The molecule has 0 aromatic carbocycles. The Kier molecular flexibility index (Phi) is 3.83. The van der Waals surface area contributed by atoms with Crippen molar-refractivity contribution in [2.24, 2.45) is 5.73 Å². The highest BCUT2D eigenvalue weighted by molar-refractivity contribution is 7.87. The fourth-order valence-electron chi connectivity index (χ4n) is 1.02. The van der Waals surface area contributed by atoms with Crippen LogP contribution in [0.2, 0.25) is 0 Å². The average Bonchev–Trinajstić information content (AvgIpc) is 2.84. The zero-order valence-corrected chi connectivity index (χ0v) is 9.16. The minimum atomic E-state index is -3.90. The maximum absolute atomic E-state index is 11.3. The van der Waals surface area contributed by atoms with E-state index in [2.05, 4.69) is 4.72 Å². The van der Waals surface area contributed by atoms with Gasteiger partial charge in [-0.3, -0.25) is 9.59 Å². The SMILES string of the molecule is NC(=O)C[C@@H](NS(=O)(=O)NC1CC1)C(=O)O. The first-order chi connectivity index (χ1) is 7.30. The second kappa shape index (κ2) is 4.76. The summed E-state index contributed by atoms with van der Waals surface area (Å²) in [6, 6.07) is -1.67. The minimum absolute atomic E-state index is 0.138. The number of amides is 1. The lowest BCUT2D eigenvalue weighted by Crippen LogP contribution is -2.48. The second-order valence-electron chi connectivity index (χ2n) is 3.57. The average molecular weight is 251 g/mol. The highest BCUT2D eigenvalue weighted by Gasteiger charge is 2.31. The first kappa shape index (κ1) is 12.9. The van der Waals surface area contributed by atoms with E-state index in [1.165, 1.54) is 0 Å². The molecule has 1 atom stereocenters. The van der Waals surface area contributed by atoms with Crippen molar-refractivity contribution in [3.05, 3.63) is 0 Å². The van der Waals surface area contributed by atoms with Crippen LogP contribution in [0.1, 0.15) is 19.3 Å². The number of rotatable bonds is 7. The summed E-state index contributed by atoms with van der Waals surface area (Å²) in [5, 5.41) is 8.67. The van der Waals surface area contributed by atoms with Gasteiger partial charge in [-0.1, -0.05) is 0 Å². The number of hydrogen-bond donors (Lipinski definition) is 4. The number of nitrogens with one attached hydrogen (secondary N) is 2. The topological polar surface area (TPSA) is 139 Å². The lowest BCUT2D eigenvalue weighted by molar-refractivity contribution is -0.140. The zero-order chi connectivity index (χ0) is 12.3. The summed E-state index contributed by atoms with van der Waals surface area (Å²) >= 11 is 0. The molecule has 1 aliphatic rings. The van der Waals surface area contributed by atoms with E-state index in [4.69, 9.17) is 10.8 Å². The van der Waals surface area contributed by atoms with Crippen molar-refractivity contribution < 1.29 is 23.1 Å². The lowest BCUT2D eigenvalue weighted by atomic mass is 10.2. The number of aliphatic carboxylic acids is 1. The second-order valence-corrected chi connectivity index (χ2v) is 5.05. The Morgan fingerprint density at radius 2 is 2.00 bits per heavy atom. The summed E-state index contributed by atoms with van der Waals surface area (Å²) in [5.74, 6) is -2.33. The minimum Gasteiger partial charge on any atom is -0.480 e. The Morgan fingerprint density at radius 3 is 2.38 bits per heavy atom. The van der Waals surface area contributed by atoms with Crippen molar-refractivity contribution in [1.82, 2.24) is 9.44 Å². The number of carbonyl (C=O) groups excluding carboxylic acids is 1. The van der Waals surface area contributed by atoms with Gasteiger partial charge in [-0.15, -0.1) is 0 Å². The molecule has 0 heterocycles. The van der Waals surface area contributed by atoms with Gasteiger partial charge in [0.2, 0.25) is 5.91 Å². The van der Waals surface area contributed by atoms with Crippen molar-refractivity contribution in [2.45, 2.75) is 31.3 Å². The molecule has 0 aliphatic heterocycles. The fourth-order valence-corrected chi connectivity index (χ4v) is 2.32. The summed E-state index contributed by atoms with van der Waals surface area (Å²) in [7, 11) is -3.90. The van der Waals surface area contributed by atoms with Crippen LogP contribution in [-0.4, -0.2) is 37.5 Å². The molecule has 9 heteroatoms. The van der Waals surface area contributed by atoms with Gasteiger partial charge in [0, 0.05) is 6.04 Å². The summed E-state index contributed by atoms with van der Waals surface area (Å²) in [6.45, 7) is 0. The summed E-state index contributed by atoms with van der Waals surface area (Å²) in [6.07, 6.45) is 0.879. The van der Waals surface area contributed by atoms with E-state index in [0.717, 1.165) is 12.8 Å². The van der Waals surface area contributed by atoms with E-state index in [0.29, 0.717) is 0 Å². The molecular formula is C7H13N3O5S. The van der Waals surface area contributed by atoms with Gasteiger partial charge in [0.25, 0.3) is 10.2 Å². The lowest BCUT2D eigenvalue weighted by Gasteiger charge is -2.13. The molecule has 8 nitrogen and oxygen atoms in total. The molecule has 0 saturated heterocycles. The van der Waals surface area contributed by atoms with Crippen LogP contribution in [0.15, 0.2) is 0 Å². The number of nitrogens with two attached hydrogens (primary N) is 1. The van der Waals surface area contributed by atoms with Crippen LogP contribution < -0.4 is 15.2 Å². The summed E-state index contributed by atoms with van der Waals surface area (Å²) < 4.78 is 26.8. The van der Waals surface area contributed by atoms with E-state index in [1.54, 1.807) is 0 Å². The van der Waals surface area contributed by atoms with Gasteiger partial charge in [0.1, 0.15) is 6.04 Å². The molecule has 1 aliphatic carbocycles. The highest BCUT2D eigenvalue weighted by Crippen LogP contribution is 2.19. The van der Waals surface area contributed by atoms with Gasteiger partial charge in [-0.2, -0.15) is 17.9 Å². The number of carboxylic acids is 1. The molecule has 1 fully saturated rings. The van der Waals surface area contributed by atoms with Crippen molar-refractivity contribution in [1.29, 1.82) is 0 Å². The molecule has 92 valence electrons. The molecular weight excluding hydrogens is 238 g/mol. The molecule has 1 rings (SSSR count). The number of primary amides is 1. The van der Waals surface area contributed by atoms with E-state index in [-0.39, 0.29) is 6.04 Å². The van der Waals surface area contributed by atoms with Crippen LogP contribution in [0, 0.1) is 0 Å². The molecule has 0 aromatic heterocycles. The molecule has 0 radical (unpaired) electrons. The maximum atomic E-state index is 11.3. The van der Waals surface area contributed by atoms with Crippen LogP contribution in [0.5, 0.6) is 0 Å². The predicted octanol–water partition coefficient (Wildman–Crippen LogP) is -2.10. The highest BCUT2D eigenvalue weighted by atomic mass is 32.2. The van der Waals surface area contributed by atoms with Gasteiger partial charge in [-0.05, 0) is 12.8 Å². The quantitative estimate of drug-likeness (QED) is 0.410. The van der Waals surface area contributed by atoms with Crippen LogP contribution in [0.3, 0.4) is 0 Å². The van der Waals surface area contributed by atoms with Gasteiger partial charge < -0.3 is 10.8 Å². The Labute approximate surface area is 92.4 Å². The normalized spacial score (nSPS) is 18.0. The van der Waals surface area contributed by atoms with E-state index < -0.39 is 34.5 Å². The molecule has 0 spiro atoms. The monoisotopic (exact) mass is 251 g/mol. The fraction of sp³-hybridized carbons (Fsp3) is 0.714. The van der Waals surface area contributed by atoms with Gasteiger partial charge in [-0.25, -0.2) is 0 Å². The molecule has 16 heavy (non-hydrogen) atoms. The Hall–Kier alpha value is -1.19. The third-order valence-electron chi connectivity index (χ3n) is 1.90. The molecule has 0 bridgehead atoms. The Balaban J connectivity index is 2.58. The van der Waals surface area contributed by atoms with Gasteiger partial charge in [0.05, 0.1) is 6.42 Å². The number of hydrogen-bond acceptors (Lipinski definition) is 4. The summed E-state index contributed by atoms with van der Waals surface area (Å²) in [4.78, 5) is 21.2. The number of carbonyl (C=O) groups is 2. The van der Waals surface area contributed by atoms with E-state index in [9.17, 15) is 18.0 Å². The van der Waals surface area contributed by atoms with Crippen molar-refractivity contribution in [2.75, 3.05) is 0 Å². The number of carboxylic acid groups (broad SMARTS) is 1. The third-order valence-corrected chi connectivity index (χ3v) is 3.14. The standard InChI is InChI=1S/C7H13N3O5S/c8-6(11)3-5(7(12)13)10-16(14,15)9-4-1-2-4/h4-5,9-10H,1-3H2,(H2,8,11)(H,12,13)/t5-/m1/s1. The molecule has 0 aromatic rings. The van der Waals surface area contributed by atoms with Crippen LogP contribution >= 0.6 is 0 Å². The molecule has 5 N–H and O–H groups in total. The molecule has 1 saturated carbocycles. The Bertz CT molecular complexity index is 389. The first-order valence-corrected chi connectivity index (χ1v) is 6.09. The molecule has 1 amide bonds. The predicted molar refractivity (Wildman–Crippen MR) is 53.4 cm³/mol. The van der Waals surface area contributed by atoms with Crippen LogP contribution in [0.25, 0.3) is 0 Å². The Morgan fingerprint density at radius 1 is 1.44 bits per heavy atom. The largest absolute Gasteiger partial charge is 0.480 e. The van der Waals surface area contributed by atoms with E-state index >= 15 is 0 Å².